The van der Waals surface area contributed by atoms with Gasteiger partial charge in [-0.3, -0.25) is 4.79 Å². The summed E-state index contributed by atoms with van der Waals surface area (Å²) in [5.74, 6) is -0.866. The van der Waals surface area contributed by atoms with E-state index in [-0.39, 0.29) is 16.9 Å². The summed E-state index contributed by atoms with van der Waals surface area (Å²) in [6.45, 7) is 1.39. The van der Waals surface area contributed by atoms with E-state index in [0.29, 0.717) is 11.3 Å². The molecule has 0 amide bonds. The molecule has 2 aromatic carbocycles. The maximum absolute atomic E-state index is 13.9. The summed E-state index contributed by atoms with van der Waals surface area (Å²) >= 11 is 0. The molecule has 0 fully saturated rings. The van der Waals surface area contributed by atoms with E-state index in [1.165, 1.54) is 50.4 Å². The van der Waals surface area contributed by atoms with E-state index in [4.69, 9.17) is 4.74 Å². The van der Waals surface area contributed by atoms with Gasteiger partial charge in [-0.25, -0.2) is 8.78 Å². The van der Waals surface area contributed by atoms with E-state index >= 15 is 0 Å². The Labute approximate surface area is 109 Å². The molecule has 0 aliphatic heterocycles. The number of halogens is 2. The summed E-state index contributed by atoms with van der Waals surface area (Å²) in [6.07, 6.45) is 0. The first-order chi connectivity index (χ1) is 9.02. The Morgan fingerprint density at radius 3 is 2.42 bits per heavy atom. The molecule has 0 unspecified atom stereocenters. The molecule has 0 spiro atoms. The van der Waals surface area contributed by atoms with Crippen molar-refractivity contribution in [1.29, 1.82) is 0 Å². The standard InChI is InChI=1S/C15H12F2O2/c1-9(18)10-3-5-14(17)12(7-10)13-8-11(16)4-6-15(13)19-2/h3-8H,1-2H3. The zero-order valence-electron chi connectivity index (χ0n) is 10.5. The Kier molecular flexibility index (Phi) is 3.60. The Balaban J connectivity index is 2.67. The highest BCUT2D eigenvalue weighted by Gasteiger charge is 2.13. The third-order valence-corrected chi connectivity index (χ3v) is 2.82. The molecule has 0 aliphatic rings. The zero-order valence-corrected chi connectivity index (χ0v) is 10.5. The molecule has 2 nitrogen and oxygen atoms in total. The minimum absolute atomic E-state index is 0.143. The van der Waals surface area contributed by atoms with Crippen molar-refractivity contribution in [3.05, 3.63) is 53.6 Å². The largest absolute Gasteiger partial charge is 0.496 e. The summed E-state index contributed by atoms with van der Waals surface area (Å²) < 4.78 is 32.3. The van der Waals surface area contributed by atoms with E-state index in [9.17, 15) is 13.6 Å². The number of rotatable bonds is 3. The van der Waals surface area contributed by atoms with Crippen molar-refractivity contribution in [2.75, 3.05) is 7.11 Å². The lowest BCUT2D eigenvalue weighted by Crippen LogP contribution is -1.96. The lowest BCUT2D eigenvalue weighted by Gasteiger charge is -2.10. The number of carbonyl (C=O) groups is 1. The second-order valence-corrected chi connectivity index (χ2v) is 4.10. The highest BCUT2D eigenvalue weighted by atomic mass is 19.1. The van der Waals surface area contributed by atoms with Crippen molar-refractivity contribution in [1.82, 2.24) is 0 Å². The van der Waals surface area contributed by atoms with Gasteiger partial charge in [0.2, 0.25) is 0 Å². The third kappa shape index (κ3) is 2.62. The van der Waals surface area contributed by atoms with Crippen LogP contribution in [0.5, 0.6) is 5.75 Å². The topological polar surface area (TPSA) is 26.3 Å². The van der Waals surface area contributed by atoms with E-state index < -0.39 is 11.6 Å². The van der Waals surface area contributed by atoms with Gasteiger partial charge in [0.1, 0.15) is 17.4 Å². The van der Waals surface area contributed by atoms with Gasteiger partial charge in [-0.15, -0.1) is 0 Å². The molecule has 0 bridgehead atoms. The van der Waals surface area contributed by atoms with Gasteiger partial charge >= 0.3 is 0 Å². The van der Waals surface area contributed by atoms with Crippen LogP contribution < -0.4 is 4.74 Å². The number of Topliss-reactive ketones (excluding diaryl/α,β-unsaturated/α-hetero) is 1. The van der Waals surface area contributed by atoms with Crippen LogP contribution in [0.25, 0.3) is 11.1 Å². The highest BCUT2D eigenvalue weighted by Crippen LogP contribution is 2.33. The second kappa shape index (κ2) is 5.18. The molecule has 0 heterocycles. The van der Waals surface area contributed by atoms with Crippen LogP contribution in [0.2, 0.25) is 0 Å². The van der Waals surface area contributed by atoms with Gasteiger partial charge < -0.3 is 4.74 Å². The number of methoxy groups -OCH3 is 1. The van der Waals surface area contributed by atoms with Gasteiger partial charge in [0.15, 0.2) is 5.78 Å². The third-order valence-electron chi connectivity index (χ3n) is 2.82. The fourth-order valence-corrected chi connectivity index (χ4v) is 1.84. The summed E-state index contributed by atoms with van der Waals surface area (Å²) in [4.78, 5) is 11.3. The molecule has 0 N–H and O–H groups in total. The number of carbonyl (C=O) groups excluding carboxylic acids is 1. The van der Waals surface area contributed by atoms with Crippen LogP contribution in [-0.2, 0) is 0 Å². The van der Waals surface area contributed by atoms with Crippen LogP contribution in [0.3, 0.4) is 0 Å². The first-order valence-electron chi connectivity index (χ1n) is 5.67. The molecule has 0 aliphatic carbocycles. The van der Waals surface area contributed by atoms with Gasteiger partial charge in [0.05, 0.1) is 7.11 Å². The smallest absolute Gasteiger partial charge is 0.159 e. The van der Waals surface area contributed by atoms with Gasteiger partial charge in [0.25, 0.3) is 0 Å². The average Bonchev–Trinajstić information content (AvgIpc) is 2.39. The lowest BCUT2D eigenvalue weighted by atomic mass is 10.00. The van der Waals surface area contributed by atoms with E-state index in [1.807, 2.05) is 0 Å². The fourth-order valence-electron chi connectivity index (χ4n) is 1.84. The molecule has 0 atom stereocenters. The van der Waals surface area contributed by atoms with Gasteiger partial charge in [0, 0.05) is 16.7 Å². The van der Waals surface area contributed by atoms with Crippen molar-refractivity contribution >= 4 is 5.78 Å². The predicted octanol–water partition coefficient (Wildman–Crippen LogP) is 3.84. The van der Waals surface area contributed by atoms with Crippen LogP contribution in [0.4, 0.5) is 8.78 Å². The first kappa shape index (κ1) is 13.2. The quantitative estimate of drug-likeness (QED) is 0.785. The number of hydrogen-bond acceptors (Lipinski definition) is 2. The van der Waals surface area contributed by atoms with Crippen LogP contribution in [0.1, 0.15) is 17.3 Å². The Morgan fingerprint density at radius 2 is 1.79 bits per heavy atom. The first-order valence-corrected chi connectivity index (χ1v) is 5.67. The summed E-state index contributed by atoms with van der Waals surface area (Å²) in [5.41, 5.74) is 0.787. The zero-order chi connectivity index (χ0) is 14.0. The average molecular weight is 262 g/mol. The fraction of sp³-hybridized carbons (Fsp3) is 0.133. The maximum atomic E-state index is 13.9. The molecule has 0 radical (unpaired) electrons. The van der Waals surface area contributed by atoms with Crippen LogP contribution in [0, 0.1) is 11.6 Å². The minimum atomic E-state index is -0.533. The Hall–Kier alpha value is -2.23. The number of benzene rings is 2. The second-order valence-electron chi connectivity index (χ2n) is 4.10. The molecular formula is C15H12F2O2. The van der Waals surface area contributed by atoms with Crippen molar-refractivity contribution in [3.8, 4) is 16.9 Å². The predicted molar refractivity (Wildman–Crippen MR) is 68.4 cm³/mol. The highest BCUT2D eigenvalue weighted by molar-refractivity contribution is 5.95. The van der Waals surface area contributed by atoms with Gasteiger partial charge in [-0.2, -0.15) is 0 Å². The monoisotopic (exact) mass is 262 g/mol. The normalized spacial score (nSPS) is 10.3. The molecule has 4 heteroatoms. The number of ether oxygens (including phenoxy) is 1. The molecule has 0 saturated carbocycles. The lowest BCUT2D eigenvalue weighted by molar-refractivity contribution is 0.101. The maximum Gasteiger partial charge on any atom is 0.159 e. The molecule has 19 heavy (non-hydrogen) atoms. The number of hydrogen-bond donors (Lipinski definition) is 0. The Bertz CT molecular complexity index is 636. The molecule has 98 valence electrons. The van der Waals surface area contributed by atoms with Crippen LogP contribution in [-0.4, -0.2) is 12.9 Å². The summed E-state index contributed by atoms with van der Waals surface area (Å²) in [7, 11) is 1.42. The van der Waals surface area contributed by atoms with Crippen LogP contribution >= 0.6 is 0 Å². The van der Waals surface area contributed by atoms with E-state index in [2.05, 4.69) is 0 Å². The van der Waals surface area contributed by atoms with E-state index in [0.717, 1.165) is 0 Å². The van der Waals surface area contributed by atoms with Gasteiger partial charge in [-0.1, -0.05) is 0 Å². The molecule has 0 aromatic heterocycles. The Morgan fingerprint density at radius 1 is 1.05 bits per heavy atom. The van der Waals surface area contributed by atoms with Crippen molar-refractivity contribution in [2.24, 2.45) is 0 Å². The molecule has 2 rings (SSSR count). The summed E-state index contributed by atoms with van der Waals surface area (Å²) in [5, 5.41) is 0. The van der Waals surface area contributed by atoms with Crippen molar-refractivity contribution in [2.45, 2.75) is 6.92 Å². The number of ketones is 1. The van der Waals surface area contributed by atoms with Gasteiger partial charge in [-0.05, 0) is 43.3 Å². The van der Waals surface area contributed by atoms with E-state index in [1.54, 1.807) is 0 Å². The van der Waals surface area contributed by atoms with Crippen molar-refractivity contribution in [3.63, 3.8) is 0 Å². The van der Waals surface area contributed by atoms with Crippen LogP contribution in [0.15, 0.2) is 36.4 Å². The molecule has 2 aromatic rings. The minimum Gasteiger partial charge on any atom is -0.496 e. The SMILES string of the molecule is COc1ccc(F)cc1-c1cc(C(C)=O)ccc1F. The molecular weight excluding hydrogens is 250 g/mol. The molecule has 0 saturated heterocycles. The summed E-state index contributed by atoms with van der Waals surface area (Å²) in [6, 6.07) is 7.82. The van der Waals surface area contributed by atoms with Crippen molar-refractivity contribution < 1.29 is 18.3 Å².